The largest absolute Gasteiger partial charge is 0.493 e. The van der Waals surface area contributed by atoms with E-state index in [1.807, 2.05) is 27.9 Å². The number of carbonyl (C=O) groups excluding carboxylic acids is 3. The minimum Gasteiger partial charge on any atom is -0.493 e. The number of non-ortho nitro benzene ring substituents is 2. The fourth-order valence-corrected chi connectivity index (χ4v) is 4.42. The monoisotopic (exact) mass is 675 g/mol. The van der Waals surface area contributed by atoms with Crippen molar-refractivity contribution in [3.63, 3.8) is 0 Å². The predicted molar refractivity (Wildman–Crippen MR) is 148 cm³/mol. The van der Waals surface area contributed by atoms with Crippen LogP contribution in [0.5, 0.6) is 17.2 Å². The number of urea groups is 1. The van der Waals surface area contributed by atoms with Crippen LogP contribution in [-0.4, -0.2) is 39.7 Å². The molecule has 208 valence electrons. The van der Waals surface area contributed by atoms with E-state index in [-0.39, 0.29) is 34.2 Å². The average molecular weight is 675 g/mol. The Bertz CT molecular complexity index is 1710. The third-order valence-electron chi connectivity index (χ3n) is 5.53. The van der Waals surface area contributed by atoms with Gasteiger partial charge in [0, 0.05) is 18.2 Å². The summed E-state index contributed by atoms with van der Waals surface area (Å²) in [6.07, 6.45) is 1.15. The lowest BCUT2D eigenvalue weighted by atomic mass is 10.1. The van der Waals surface area contributed by atoms with Gasteiger partial charge in [-0.2, -0.15) is 0 Å². The number of hydrogen-bond acceptors (Lipinski definition) is 11. The number of amides is 4. The molecule has 0 radical (unpaired) electrons. The molecule has 1 saturated heterocycles. The van der Waals surface area contributed by atoms with Gasteiger partial charge >= 0.3 is 11.7 Å². The summed E-state index contributed by atoms with van der Waals surface area (Å²) in [7, 11) is 1.26. The Kier molecular flexibility index (Phi) is 7.89. The van der Waals surface area contributed by atoms with E-state index in [0.717, 1.165) is 30.3 Å². The average Bonchev–Trinajstić information content (AvgIpc) is 2.92. The number of halogens is 1. The van der Waals surface area contributed by atoms with E-state index >= 15 is 0 Å². The number of nitro benzene ring substituents is 3. The van der Waals surface area contributed by atoms with E-state index in [2.05, 4.69) is 0 Å². The summed E-state index contributed by atoms with van der Waals surface area (Å²) >= 11 is 1.81. The maximum atomic E-state index is 13.2. The Morgan fingerprint density at radius 1 is 0.878 bits per heavy atom. The third kappa shape index (κ3) is 5.78. The summed E-state index contributed by atoms with van der Waals surface area (Å²) < 4.78 is 11.3. The molecule has 4 rings (SSSR count). The van der Waals surface area contributed by atoms with E-state index < -0.39 is 49.6 Å². The van der Waals surface area contributed by atoms with Crippen molar-refractivity contribution in [1.82, 2.24) is 5.32 Å². The zero-order chi connectivity index (χ0) is 30.0. The van der Waals surface area contributed by atoms with E-state index in [9.17, 15) is 44.7 Å². The summed E-state index contributed by atoms with van der Waals surface area (Å²) in [5, 5.41) is 35.7. The summed E-state index contributed by atoms with van der Waals surface area (Å²) in [6, 6.07) is 9.25. The van der Waals surface area contributed by atoms with E-state index in [1.54, 1.807) is 0 Å². The number of ether oxygens (including phenoxy) is 2. The molecule has 0 saturated carbocycles. The normalized spacial score (nSPS) is 14.0. The molecule has 1 aliphatic rings. The van der Waals surface area contributed by atoms with Gasteiger partial charge < -0.3 is 9.47 Å². The maximum Gasteiger partial charge on any atom is 0.335 e. The van der Waals surface area contributed by atoms with Crippen LogP contribution in [0.15, 0.2) is 60.2 Å². The second-order valence-corrected chi connectivity index (χ2v) is 9.20. The lowest BCUT2D eigenvalue weighted by Crippen LogP contribution is -2.54. The van der Waals surface area contributed by atoms with Crippen LogP contribution in [-0.2, 0) is 9.59 Å². The van der Waals surface area contributed by atoms with Gasteiger partial charge in [-0.05, 0) is 58.5 Å². The Morgan fingerprint density at radius 3 is 2.20 bits per heavy atom. The Balaban J connectivity index is 1.72. The van der Waals surface area contributed by atoms with Crippen LogP contribution in [0.4, 0.5) is 27.5 Å². The number of anilines is 1. The fourth-order valence-electron chi connectivity index (χ4n) is 3.68. The van der Waals surface area contributed by atoms with E-state index in [0.29, 0.717) is 8.47 Å². The van der Waals surface area contributed by atoms with Crippen molar-refractivity contribution in [2.75, 3.05) is 12.0 Å². The SMILES string of the molecule is COc1cc(/C=C2\C(=O)NC(=O)N(c3cccc([N+](=O)[O-])c3)C2=O)cc(I)c1Oc1ccc([N+](=O)[O-])cc1[N+](=O)[O-]. The topological polar surface area (TPSA) is 214 Å². The quantitative estimate of drug-likeness (QED) is 0.115. The molecule has 1 heterocycles. The van der Waals surface area contributed by atoms with Crippen LogP contribution in [0.3, 0.4) is 0 Å². The summed E-state index contributed by atoms with van der Waals surface area (Å²) in [4.78, 5) is 70.1. The third-order valence-corrected chi connectivity index (χ3v) is 6.33. The fraction of sp³-hybridized carbons (Fsp3) is 0.0417. The summed E-state index contributed by atoms with van der Waals surface area (Å²) in [6.45, 7) is 0. The lowest BCUT2D eigenvalue weighted by molar-refractivity contribution is -0.394. The van der Waals surface area contributed by atoms with Crippen LogP contribution in [0, 0.1) is 33.9 Å². The van der Waals surface area contributed by atoms with Crippen LogP contribution in [0.2, 0.25) is 0 Å². The van der Waals surface area contributed by atoms with Gasteiger partial charge in [-0.15, -0.1) is 0 Å². The molecule has 0 aromatic heterocycles. The summed E-state index contributed by atoms with van der Waals surface area (Å²) in [5.74, 6) is -2.35. The predicted octanol–water partition coefficient (Wildman–Crippen LogP) is 4.48. The van der Waals surface area contributed by atoms with Crippen molar-refractivity contribution in [1.29, 1.82) is 0 Å². The first-order chi connectivity index (χ1) is 19.4. The standard InChI is InChI=1S/C24H14IN5O11/c1-40-20-9-12(8-17(25)21(20)41-19-6-5-15(29(36)37)11-18(19)30(38)39)7-16-22(31)26-24(33)27(23(16)32)13-3-2-4-14(10-13)28(34)35/h2-11H,1H3,(H,26,31,33)/b16-7+. The molecule has 4 amide bonds. The zero-order valence-electron chi connectivity index (χ0n) is 20.4. The minimum absolute atomic E-state index is 0.0000228. The number of barbiturate groups is 1. The number of hydrogen-bond donors (Lipinski definition) is 1. The van der Waals surface area contributed by atoms with Crippen molar-refractivity contribution in [2.24, 2.45) is 0 Å². The molecule has 0 spiro atoms. The molecule has 3 aromatic carbocycles. The first-order valence-corrected chi connectivity index (χ1v) is 12.1. The number of nitrogens with one attached hydrogen (secondary N) is 1. The highest BCUT2D eigenvalue weighted by atomic mass is 127. The highest BCUT2D eigenvalue weighted by Crippen LogP contribution is 2.41. The lowest BCUT2D eigenvalue weighted by Gasteiger charge is -2.26. The van der Waals surface area contributed by atoms with E-state index in [1.165, 1.54) is 37.4 Å². The molecule has 41 heavy (non-hydrogen) atoms. The molecule has 0 aliphatic carbocycles. The van der Waals surface area contributed by atoms with Gasteiger partial charge in [0.2, 0.25) is 5.75 Å². The van der Waals surface area contributed by atoms with Crippen molar-refractivity contribution >= 4 is 69.3 Å². The Hall–Kier alpha value is -5.46. The molecule has 16 nitrogen and oxygen atoms in total. The van der Waals surface area contributed by atoms with Gasteiger partial charge in [0.1, 0.15) is 5.57 Å². The highest BCUT2D eigenvalue weighted by Gasteiger charge is 2.37. The van der Waals surface area contributed by atoms with Crippen molar-refractivity contribution < 1.29 is 38.6 Å². The van der Waals surface area contributed by atoms with Crippen LogP contribution in [0.1, 0.15) is 5.56 Å². The van der Waals surface area contributed by atoms with Gasteiger partial charge in [-0.1, -0.05) is 6.07 Å². The molecule has 17 heteroatoms. The number of benzene rings is 3. The molecule has 3 aromatic rings. The van der Waals surface area contributed by atoms with Crippen molar-refractivity contribution in [2.45, 2.75) is 0 Å². The van der Waals surface area contributed by atoms with Gasteiger partial charge in [0.15, 0.2) is 11.5 Å². The molecule has 0 bridgehead atoms. The summed E-state index contributed by atoms with van der Waals surface area (Å²) in [5.41, 5.74) is -1.95. The van der Waals surface area contributed by atoms with Crippen molar-refractivity contribution in [3.8, 4) is 17.2 Å². The van der Waals surface area contributed by atoms with Crippen LogP contribution < -0.4 is 19.7 Å². The number of nitro groups is 3. The van der Waals surface area contributed by atoms with Gasteiger partial charge in [-0.3, -0.25) is 45.2 Å². The maximum absolute atomic E-state index is 13.2. The molecule has 1 N–H and O–H groups in total. The Morgan fingerprint density at radius 2 is 1.56 bits per heavy atom. The van der Waals surface area contributed by atoms with Gasteiger partial charge in [-0.25, -0.2) is 9.69 Å². The van der Waals surface area contributed by atoms with Crippen LogP contribution >= 0.6 is 22.6 Å². The molecule has 1 fully saturated rings. The molecule has 1 aliphatic heterocycles. The van der Waals surface area contributed by atoms with Crippen LogP contribution in [0.25, 0.3) is 6.08 Å². The number of nitrogens with zero attached hydrogens (tertiary/aromatic N) is 4. The molecular weight excluding hydrogens is 661 g/mol. The molecular formula is C24H14IN5O11. The van der Waals surface area contributed by atoms with Gasteiger partial charge in [0.05, 0.1) is 37.2 Å². The second-order valence-electron chi connectivity index (χ2n) is 8.04. The number of methoxy groups -OCH3 is 1. The van der Waals surface area contributed by atoms with E-state index in [4.69, 9.17) is 9.47 Å². The van der Waals surface area contributed by atoms with Crippen molar-refractivity contribution in [3.05, 3.63) is 99.6 Å². The minimum atomic E-state index is -1.10. The number of imide groups is 2. The Labute approximate surface area is 241 Å². The smallest absolute Gasteiger partial charge is 0.335 e. The number of rotatable bonds is 8. The molecule has 0 atom stereocenters. The number of carbonyl (C=O) groups is 3. The van der Waals surface area contributed by atoms with Gasteiger partial charge in [0.25, 0.3) is 23.2 Å². The first kappa shape index (κ1) is 28.5. The first-order valence-electron chi connectivity index (χ1n) is 11.1. The zero-order valence-corrected chi connectivity index (χ0v) is 22.6. The molecule has 0 unspecified atom stereocenters. The highest BCUT2D eigenvalue weighted by molar-refractivity contribution is 14.1. The second kappa shape index (κ2) is 11.3.